The fourth-order valence-corrected chi connectivity index (χ4v) is 4.47. The molecule has 28 heavy (non-hydrogen) atoms. The fourth-order valence-electron chi connectivity index (χ4n) is 3.55. The van der Waals surface area contributed by atoms with Crippen LogP contribution in [0.15, 0.2) is 48.5 Å². The highest BCUT2D eigenvalue weighted by Gasteiger charge is 2.25. The van der Waals surface area contributed by atoms with Gasteiger partial charge in [0.2, 0.25) is 12.7 Å². The van der Waals surface area contributed by atoms with Crippen LogP contribution < -0.4 is 9.47 Å². The van der Waals surface area contributed by atoms with Crippen molar-refractivity contribution in [3.05, 3.63) is 59.7 Å². The van der Waals surface area contributed by atoms with Crippen molar-refractivity contribution in [2.45, 2.75) is 24.5 Å². The summed E-state index contributed by atoms with van der Waals surface area (Å²) in [5.41, 5.74) is 2.48. The molecule has 0 bridgehead atoms. The van der Waals surface area contributed by atoms with Gasteiger partial charge in [-0.3, -0.25) is 9.69 Å². The van der Waals surface area contributed by atoms with Crippen molar-refractivity contribution in [1.29, 1.82) is 0 Å². The predicted octanol–water partition coefficient (Wildman–Crippen LogP) is 3.38. The average Bonchev–Trinajstić information content (AvgIpc) is 3.21. The van der Waals surface area contributed by atoms with E-state index in [1.807, 2.05) is 36.1 Å². The lowest BCUT2D eigenvalue weighted by molar-refractivity contribution is -0.132. The first-order valence-corrected chi connectivity index (χ1v) is 10.8. The summed E-state index contributed by atoms with van der Waals surface area (Å²) >= 11 is 1.72. The van der Waals surface area contributed by atoms with Gasteiger partial charge < -0.3 is 14.4 Å². The van der Waals surface area contributed by atoms with E-state index in [0.717, 1.165) is 50.0 Å². The van der Waals surface area contributed by atoms with Crippen molar-refractivity contribution >= 4 is 17.7 Å². The molecular formula is C22H26N2O3S. The van der Waals surface area contributed by atoms with Gasteiger partial charge in [-0.15, -0.1) is 11.8 Å². The number of carbonyl (C=O) groups excluding carboxylic acids is 1. The summed E-state index contributed by atoms with van der Waals surface area (Å²) in [6.45, 7) is 6.58. The molecule has 1 atom stereocenters. The van der Waals surface area contributed by atoms with E-state index < -0.39 is 0 Å². The Morgan fingerprint density at radius 2 is 1.75 bits per heavy atom. The van der Waals surface area contributed by atoms with Crippen LogP contribution in [0, 0.1) is 0 Å². The quantitative estimate of drug-likeness (QED) is 0.746. The van der Waals surface area contributed by atoms with Crippen LogP contribution in [-0.2, 0) is 17.1 Å². The fraction of sp³-hybridized carbons (Fsp3) is 0.409. The highest BCUT2D eigenvalue weighted by molar-refractivity contribution is 7.99. The minimum absolute atomic E-state index is 0.0133. The molecule has 4 rings (SSSR count). The average molecular weight is 399 g/mol. The van der Waals surface area contributed by atoms with Gasteiger partial charge in [-0.05, 0) is 30.2 Å². The molecule has 0 N–H and O–H groups in total. The van der Waals surface area contributed by atoms with Crippen molar-refractivity contribution in [3.8, 4) is 11.5 Å². The largest absolute Gasteiger partial charge is 0.454 e. The Bertz CT molecular complexity index is 807. The summed E-state index contributed by atoms with van der Waals surface area (Å²) in [4.78, 5) is 17.2. The van der Waals surface area contributed by atoms with Crippen LogP contribution in [-0.4, -0.2) is 53.9 Å². The number of benzene rings is 2. The van der Waals surface area contributed by atoms with Crippen molar-refractivity contribution in [1.82, 2.24) is 9.80 Å². The Morgan fingerprint density at radius 3 is 2.54 bits per heavy atom. The lowest BCUT2D eigenvalue weighted by Crippen LogP contribution is -2.50. The maximum absolute atomic E-state index is 12.8. The maximum Gasteiger partial charge on any atom is 0.235 e. The Balaban J connectivity index is 1.23. The molecule has 2 heterocycles. The van der Waals surface area contributed by atoms with Crippen LogP contribution in [0.4, 0.5) is 0 Å². The number of fused-ring (bicyclic) bond motifs is 1. The predicted molar refractivity (Wildman–Crippen MR) is 112 cm³/mol. The van der Waals surface area contributed by atoms with E-state index in [9.17, 15) is 4.79 Å². The number of rotatable bonds is 6. The zero-order valence-corrected chi connectivity index (χ0v) is 17.0. The van der Waals surface area contributed by atoms with Gasteiger partial charge in [-0.2, -0.15) is 0 Å². The first kappa shape index (κ1) is 19.2. The Hall–Kier alpha value is -2.18. The van der Waals surface area contributed by atoms with Gasteiger partial charge in [0.1, 0.15) is 0 Å². The number of hydrogen-bond acceptors (Lipinski definition) is 5. The lowest BCUT2D eigenvalue weighted by atomic mass is 10.1. The molecule has 2 aromatic rings. The molecule has 1 amide bonds. The van der Waals surface area contributed by atoms with Gasteiger partial charge in [-0.1, -0.05) is 36.4 Å². The molecular weight excluding hydrogens is 372 g/mol. The molecule has 2 aromatic carbocycles. The maximum atomic E-state index is 12.8. The van der Waals surface area contributed by atoms with Crippen LogP contribution in [0.2, 0.25) is 0 Å². The third kappa shape index (κ3) is 4.62. The van der Waals surface area contributed by atoms with Crippen LogP contribution in [0.1, 0.15) is 18.1 Å². The first-order chi connectivity index (χ1) is 13.7. The van der Waals surface area contributed by atoms with E-state index in [1.54, 1.807) is 11.8 Å². The number of piperazine rings is 1. The SMILES string of the molecule is C[C@@H](SCc1ccccc1)C(=O)N1CCN(Cc2ccc3c(c2)OCO3)CC1. The van der Waals surface area contributed by atoms with Crippen molar-refractivity contribution in [2.24, 2.45) is 0 Å². The van der Waals surface area contributed by atoms with E-state index in [4.69, 9.17) is 9.47 Å². The second-order valence-electron chi connectivity index (χ2n) is 7.23. The van der Waals surface area contributed by atoms with Crippen LogP contribution in [0.5, 0.6) is 11.5 Å². The minimum atomic E-state index is -0.0133. The van der Waals surface area contributed by atoms with Gasteiger partial charge in [0.25, 0.3) is 0 Å². The molecule has 2 aliphatic heterocycles. The monoisotopic (exact) mass is 398 g/mol. The molecule has 148 valence electrons. The summed E-state index contributed by atoms with van der Waals surface area (Å²) in [5, 5.41) is -0.0133. The van der Waals surface area contributed by atoms with Crippen molar-refractivity contribution in [2.75, 3.05) is 33.0 Å². The van der Waals surface area contributed by atoms with Crippen molar-refractivity contribution < 1.29 is 14.3 Å². The third-order valence-corrected chi connectivity index (χ3v) is 6.42. The Kier molecular flexibility index (Phi) is 6.07. The van der Waals surface area contributed by atoms with E-state index >= 15 is 0 Å². The summed E-state index contributed by atoms with van der Waals surface area (Å²) in [6.07, 6.45) is 0. The second kappa shape index (κ2) is 8.88. The van der Waals surface area contributed by atoms with Gasteiger partial charge in [0, 0.05) is 38.5 Å². The number of nitrogens with zero attached hydrogens (tertiary/aromatic N) is 2. The lowest BCUT2D eigenvalue weighted by Gasteiger charge is -2.36. The highest BCUT2D eigenvalue weighted by atomic mass is 32.2. The molecule has 0 spiro atoms. The van der Waals surface area contributed by atoms with Crippen LogP contribution in [0.25, 0.3) is 0 Å². The standard InChI is InChI=1S/C22H26N2O3S/c1-17(28-15-18-5-3-2-4-6-18)22(25)24-11-9-23(10-12-24)14-19-7-8-20-21(13-19)27-16-26-20/h2-8,13,17H,9-12,14-16H2,1H3/t17-/m1/s1. The normalized spacial score (nSPS) is 17.5. The number of hydrogen-bond donors (Lipinski definition) is 0. The molecule has 0 radical (unpaired) electrons. The molecule has 0 unspecified atom stereocenters. The van der Waals surface area contributed by atoms with Gasteiger partial charge >= 0.3 is 0 Å². The third-order valence-electron chi connectivity index (χ3n) is 5.22. The van der Waals surface area contributed by atoms with Crippen LogP contribution in [0.3, 0.4) is 0 Å². The zero-order chi connectivity index (χ0) is 19.3. The number of carbonyl (C=O) groups is 1. The van der Waals surface area contributed by atoms with Gasteiger partial charge in [-0.25, -0.2) is 0 Å². The minimum Gasteiger partial charge on any atom is -0.454 e. The second-order valence-corrected chi connectivity index (χ2v) is 8.56. The summed E-state index contributed by atoms with van der Waals surface area (Å²) in [5.74, 6) is 2.78. The smallest absolute Gasteiger partial charge is 0.235 e. The Morgan fingerprint density at radius 1 is 1.00 bits per heavy atom. The molecule has 0 aromatic heterocycles. The number of ether oxygens (including phenoxy) is 2. The number of amides is 1. The molecule has 1 fully saturated rings. The summed E-state index contributed by atoms with van der Waals surface area (Å²) < 4.78 is 10.8. The molecule has 1 saturated heterocycles. The molecule has 0 saturated carbocycles. The summed E-state index contributed by atoms with van der Waals surface area (Å²) in [7, 11) is 0. The van der Waals surface area contributed by atoms with E-state index in [1.165, 1.54) is 11.1 Å². The van der Waals surface area contributed by atoms with E-state index in [0.29, 0.717) is 6.79 Å². The molecule has 2 aliphatic rings. The van der Waals surface area contributed by atoms with E-state index in [2.05, 4.69) is 29.2 Å². The zero-order valence-electron chi connectivity index (χ0n) is 16.2. The topological polar surface area (TPSA) is 42.0 Å². The van der Waals surface area contributed by atoms with Crippen LogP contribution >= 0.6 is 11.8 Å². The van der Waals surface area contributed by atoms with Gasteiger partial charge in [0.15, 0.2) is 11.5 Å². The highest BCUT2D eigenvalue weighted by Crippen LogP contribution is 2.32. The summed E-state index contributed by atoms with van der Waals surface area (Å²) in [6, 6.07) is 16.5. The molecule has 6 heteroatoms. The van der Waals surface area contributed by atoms with E-state index in [-0.39, 0.29) is 11.2 Å². The molecule has 0 aliphatic carbocycles. The van der Waals surface area contributed by atoms with Gasteiger partial charge in [0.05, 0.1) is 5.25 Å². The number of thioether (sulfide) groups is 1. The first-order valence-electron chi connectivity index (χ1n) is 9.74. The van der Waals surface area contributed by atoms with Crippen molar-refractivity contribution in [3.63, 3.8) is 0 Å². The molecule has 5 nitrogen and oxygen atoms in total. The Labute approximate surface area is 170 Å².